The number of hydrogen-bond donors (Lipinski definition) is 0. The van der Waals surface area contributed by atoms with Crippen molar-refractivity contribution in [2.24, 2.45) is 0 Å². The van der Waals surface area contributed by atoms with Crippen LogP contribution in [0.15, 0.2) is 413 Å². The highest BCUT2D eigenvalue weighted by Crippen LogP contribution is 2.49. The molecule has 0 radical (unpaired) electrons. The van der Waals surface area contributed by atoms with Gasteiger partial charge in [-0.25, -0.2) is 4.98 Å². The van der Waals surface area contributed by atoms with Crippen molar-refractivity contribution in [3.63, 3.8) is 0 Å². The number of pyridine rings is 4. The van der Waals surface area contributed by atoms with Gasteiger partial charge in [-0.05, 0) is 353 Å². The summed E-state index contributed by atoms with van der Waals surface area (Å²) in [6, 6.07) is 145. The minimum atomic E-state index is 0.697. The molecule has 27 aromatic rings. The number of nitriles is 2. The Hall–Kier alpha value is -17.6. The van der Waals surface area contributed by atoms with Gasteiger partial charge in [0.25, 0.3) is 0 Å². The van der Waals surface area contributed by atoms with E-state index in [1.165, 1.54) is 152 Å². The molecule has 0 spiro atoms. The first-order valence-electron chi connectivity index (χ1n) is 43.3. The zero-order valence-electron chi connectivity index (χ0n) is 68.8. The third kappa shape index (κ3) is 11.5. The molecule has 0 unspecified atom stereocenters. The normalized spacial score (nSPS) is 11.9. The summed E-state index contributed by atoms with van der Waals surface area (Å²) in [7, 11) is 0. The summed E-state index contributed by atoms with van der Waals surface area (Å²) in [6.45, 7) is 0. The summed E-state index contributed by atoms with van der Waals surface area (Å²) >= 11 is 0. The molecule has 0 saturated carbocycles. The van der Waals surface area contributed by atoms with Gasteiger partial charge in [0.1, 0.15) is 0 Å². The smallest absolute Gasteiger partial charge is 0.0998 e. The van der Waals surface area contributed by atoms with Crippen molar-refractivity contribution in [3.8, 4) is 124 Å². The molecule has 0 aliphatic carbocycles. The third-order valence-corrected chi connectivity index (χ3v) is 26.7. The van der Waals surface area contributed by atoms with E-state index >= 15 is 0 Å². The number of hydrogen-bond acceptors (Lipinski definition) is 6. The van der Waals surface area contributed by atoms with Crippen LogP contribution < -0.4 is 0 Å². The molecule has 8 nitrogen and oxygen atoms in total. The van der Waals surface area contributed by atoms with Crippen molar-refractivity contribution >= 4 is 151 Å². The van der Waals surface area contributed by atoms with Crippen LogP contribution in [-0.2, 0) is 0 Å². The lowest BCUT2D eigenvalue weighted by molar-refractivity contribution is 1.18. The van der Waals surface area contributed by atoms with E-state index < -0.39 is 0 Å². The van der Waals surface area contributed by atoms with Gasteiger partial charge in [0, 0.05) is 90.7 Å². The fourth-order valence-electron chi connectivity index (χ4n) is 20.9. The van der Waals surface area contributed by atoms with Gasteiger partial charge in [0.05, 0.1) is 68.1 Å². The molecule has 588 valence electrons. The molecule has 0 N–H and O–H groups in total. The quantitative estimate of drug-likeness (QED) is 0.119. The molecule has 0 aliphatic rings. The van der Waals surface area contributed by atoms with Crippen LogP contribution in [-0.4, -0.2) is 29.1 Å². The first-order valence-corrected chi connectivity index (χ1v) is 43.3. The lowest BCUT2D eigenvalue weighted by atomic mass is 9.88. The van der Waals surface area contributed by atoms with Crippen molar-refractivity contribution < 1.29 is 0 Å². The van der Waals surface area contributed by atoms with E-state index in [2.05, 4.69) is 354 Å². The number of fused-ring (bicyclic) bond motifs is 2. The fourth-order valence-corrected chi connectivity index (χ4v) is 20.9. The molecule has 128 heavy (non-hydrogen) atoms. The number of nitrogens with zero attached hydrogens (tertiary/aromatic N) is 8. The molecule has 0 bridgehead atoms. The third-order valence-electron chi connectivity index (χ3n) is 26.7. The van der Waals surface area contributed by atoms with E-state index in [9.17, 15) is 10.5 Å². The maximum Gasteiger partial charge on any atom is 0.0998 e. The molecule has 0 fully saturated rings. The van der Waals surface area contributed by atoms with Crippen LogP contribution in [0.4, 0.5) is 0 Å². The van der Waals surface area contributed by atoms with Gasteiger partial charge < -0.3 is 9.13 Å². The molecule has 0 saturated heterocycles. The van der Waals surface area contributed by atoms with Gasteiger partial charge >= 0.3 is 0 Å². The fraction of sp³-hybridized carbons (Fsp3) is 0. The highest BCUT2D eigenvalue weighted by molar-refractivity contribution is 6.31. The molecule has 0 atom stereocenters. The Morgan fingerprint density at radius 3 is 0.898 bits per heavy atom. The Bertz CT molecular complexity index is 9140. The molecular formula is C120H68N8. The summed E-state index contributed by atoms with van der Waals surface area (Å²) in [5.41, 5.74) is 28.0. The van der Waals surface area contributed by atoms with E-state index in [0.29, 0.717) is 11.1 Å². The van der Waals surface area contributed by atoms with Gasteiger partial charge in [-0.15, -0.1) is 0 Å². The average molecular weight is 1620 g/mol. The summed E-state index contributed by atoms with van der Waals surface area (Å²) < 4.78 is 4.66. The highest BCUT2D eigenvalue weighted by Gasteiger charge is 2.25. The van der Waals surface area contributed by atoms with Gasteiger partial charge in [-0.2, -0.15) is 10.5 Å². The lowest BCUT2D eigenvalue weighted by Crippen LogP contribution is -1.93. The highest BCUT2D eigenvalue weighted by atomic mass is 15.0. The van der Waals surface area contributed by atoms with Crippen molar-refractivity contribution in [3.05, 3.63) is 424 Å². The first kappa shape index (κ1) is 72.1. The van der Waals surface area contributed by atoms with Crippen molar-refractivity contribution in [1.29, 1.82) is 10.5 Å². The van der Waals surface area contributed by atoms with Crippen molar-refractivity contribution in [2.45, 2.75) is 0 Å². The molecule has 0 aliphatic heterocycles. The average Bonchev–Trinajstić information content (AvgIpc) is 1.47. The number of benzene rings is 21. The number of para-hydroxylation sites is 2. The molecule has 0 amide bonds. The summed E-state index contributed by atoms with van der Waals surface area (Å²) in [4.78, 5) is 18.6. The van der Waals surface area contributed by atoms with Gasteiger partial charge in [0.2, 0.25) is 0 Å². The second-order valence-electron chi connectivity index (χ2n) is 33.8. The monoisotopic (exact) mass is 1620 g/mol. The molecule has 6 aromatic heterocycles. The van der Waals surface area contributed by atoms with E-state index in [1.54, 1.807) is 0 Å². The van der Waals surface area contributed by atoms with Crippen LogP contribution in [0.3, 0.4) is 0 Å². The van der Waals surface area contributed by atoms with E-state index in [1.807, 2.05) is 85.5 Å². The maximum atomic E-state index is 10.1. The summed E-state index contributed by atoms with van der Waals surface area (Å²) in [6.07, 6.45) is 7.32. The SMILES string of the molecule is N#Cc1ccc2c3c1ccc1c(-c4ccc5cc(-c6cc7ccc8cc(-c9cc(-c%10ccccn%10)cc(-c%10ccccn%10)c9)cc9ccc(c6)c7c89)ccc5c4)ccc(c13)n2-c1ccccc1.N#Cc1ccc2c3c1ccc1c(-c4ccc5cc(-c6cc7ccc8cc(-c9cccc(-c%10ccncc%10)n9)cc9ccc(c6)c7c89)ccc5c4)ccc(c13)n2-c1ccccc1. The van der Waals surface area contributed by atoms with Crippen LogP contribution in [0.1, 0.15) is 11.1 Å². The molecule has 8 heteroatoms. The Labute approximate surface area is 734 Å². The molecule has 6 heterocycles. The topological polar surface area (TPSA) is 109 Å². The molecule has 27 rings (SSSR count). The van der Waals surface area contributed by atoms with Crippen LogP contribution in [0.25, 0.3) is 263 Å². The van der Waals surface area contributed by atoms with Crippen LogP contribution in [0, 0.1) is 22.7 Å². The summed E-state index contributed by atoms with van der Waals surface area (Å²) in [5.74, 6) is 0. The zero-order valence-corrected chi connectivity index (χ0v) is 68.8. The Morgan fingerprint density at radius 1 is 0.195 bits per heavy atom. The van der Waals surface area contributed by atoms with Gasteiger partial charge in [0.15, 0.2) is 0 Å². The van der Waals surface area contributed by atoms with E-state index in [-0.39, 0.29) is 0 Å². The first-order chi connectivity index (χ1) is 63.3. The van der Waals surface area contributed by atoms with Crippen LogP contribution in [0.2, 0.25) is 0 Å². The van der Waals surface area contributed by atoms with E-state index in [4.69, 9.17) is 15.0 Å². The second kappa shape index (κ2) is 28.5. The molecular weight excluding hydrogens is 1550 g/mol. The van der Waals surface area contributed by atoms with Crippen LogP contribution >= 0.6 is 0 Å². The van der Waals surface area contributed by atoms with Crippen molar-refractivity contribution in [1.82, 2.24) is 29.1 Å². The second-order valence-corrected chi connectivity index (χ2v) is 33.8. The largest absolute Gasteiger partial charge is 0.309 e. The maximum absolute atomic E-state index is 10.1. The van der Waals surface area contributed by atoms with Crippen LogP contribution in [0.5, 0.6) is 0 Å². The van der Waals surface area contributed by atoms with Gasteiger partial charge in [-0.1, -0.05) is 188 Å². The number of aromatic nitrogens is 6. The van der Waals surface area contributed by atoms with Crippen molar-refractivity contribution in [2.75, 3.05) is 0 Å². The minimum absolute atomic E-state index is 0.697. The lowest BCUT2D eigenvalue weighted by Gasteiger charge is -2.16. The summed E-state index contributed by atoms with van der Waals surface area (Å²) in [5, 5.41) is 48.9. The molecule has 21 aromatic carbocycles. The van der Waals surface area contributed by atoms with E-state index in [0.717, 1.165) is 111 Å². The predicted molar refractivity (Wildman–Crippen MR) is 531 cm³/mol. The van der Waals surface area contributed by atoms with Gasteiger partial charge in [-0.3, -0.25) is 15.0 Å². The zero-order chi connectivity index (χ0) is 84.3. The minimum Gasteiger partial charge on any atom is -0.309 e. The predicted octanol–water partition coefficient (Wildman–Crippen LogP) is 31.2. The Morgan fingerprint density at radius 2 is 0.500 bits per heavy atom. The Kier molecular flexibility index (Phi) is 16.1. The number of rotatable bonds is 11. The standard InChI is InChI=1S/C63H36N4.C57H32N4/c64-37-46-20-24-58-62-54(46)21-22-55-53(23-25-59(63(55)62)67(58)52-8-2-1-3-9-52)41-15-14-38-28-40(13-12-39(38)29-41)47-30-42-16-18-44-32-48(33-45-19-17-43(31-47)60(42)61(44)45)49-34-50(56-10-4-6-26-65-56)36-51(35-49)57-11-5-7-27-66-57;58-33-43-17-21-52-56-48(43)18-19-49-47(20-22-53(57(49)56)61(52)46-5-2-1-3-6-46)38-12-11-35-27-37(10-9-36(35)28-38)44-29-39-13-15-41-31-45(32-42-16-14-40(30-44)54(39)55(41)42)51-8-4-7-50(60-51)34-23-25-59-26-24-34/h1-36H;1-32H. The Balaban J connectivity index is 0.000000136.